The summed E-state index contributed by atoms with van der Waals surface area (Å²) in [5.41, 5.74) is 0.407. The summed E-state index contributed by atoms with van der Waals surface area (Å²) < 4.78 is 30.8. The number of anilines is 1. The van der Waals surface area contributed by atoms with E-state index >= 15 is 0 Å². The predicted molar refractivity (Wildman–Crippen MR) is 85.1 cm³/mol. The molecule has 0 aliphatic heterocycles. The Morgan fingerprint density at radius 3 is 2.65 bits per heavy atom. The van der Waals surface area contributed by atoms with Crippen molar-refractivity contribution in [2.45, 2.75) is 13.2 Å². The molecule has 2 aromatic rings. The van der Waals surface area contributed by atoms with Crippen molar-refractivity contribution in [3.05, 3.63) is 42.4 Å². The van der Waals surface area contributed by atoms with Gasteiger partial charge in [0, 0.05) is 14.4 Å². The van der Waals surface area contributed by atoms with Crippen molar-refractivity contribution in [3.63, 3.8) is 0 Å². The van der Waals surface area contributed by atoms with E-state index < -0.39 is 6.61 Å². The first-order chi connectivity index (χ1) is 9.47. The van der Waals surface area contributed by atoms with Crippen LogP contribution in [0.3, 0.4) is 0 Å². The van der Waals surface area contributed by atoms with Gasteiger partial charge in [0.25, 0.3) is 0 Å². The van der Waals surface area contributed by atoms with Gasteiger partial charge in [-0.1, -0.05) is 11.6 Å². The van der Waals surface area contributed by atoms with Crippen molar-refractivity contribution in [1.82, 2.24) is 0 Å². The third kappa shape index (κ3) is 4.07. The molecule has 0 radical (unpaired) electrons. The molecule has 1 aromatic heterocycles. The molecule has 0 atom stereocenters. The molecule has 0 aliphatic rings. The van der Waals surface area contributed by atoms with Crippen LogP contribution in [0.25, 0.3) is 0 Å². The molecule has 0 saturated carbocycles. The number of hydrogen-bond acceptors (Lipinski definition) is 3. The van der Waals surface area contributed by atoms with E-state index in [1.807, 2.05) is 11.4 Å². The highest BCUT2D eigenvalue weighted by Crippen LogP contribution is 2.38. The molecule has 0 spiro atoms. The normalized spacial score (nSPS) is 10.9. The summed E-state index contributed by atoms with van der Waals surface area (Å²) >= 11 is 14.1. The summed E-state index contributed by atoms with van der Waals surface area (Å²) in [4.78, 5) is 1.05. The Kier molecular flexibility index (Phi) is 5.65. The smallest absolute Gasteiger partial charge is 0.387 e. The topological polar surface area (TPSA) is 21.3 Å². The van der Waals surface area contributed by atoms with Gasteiger partial charge in [-0.2, -0.15) is 8.78 Å². The maximum absolute atomic E-state index is 12.4. The Labute approximate surface area is 140 Å². The summed E-state index contributed by atoms with van der Waals surface area (Å²) in [5, 5.41) is 5.41. The number of nitrogens with one attached hydrogen (secondary N) is 1. The monoisotopic (exact) mass is 445 g/mol. The fourth-order valence-electron chi connectivity index (χ4n) is 1.53. The standard InChI is InChI=1S/C12H8Br2ClF2NOS/c13-7-1-2-20-10(7)5-18-9-4-6(15)3-8(14)11(9)19-12(16)17/h1-4,12,18H,5H2. The quantitative estimate of drug-likeness (QED) is 0.595. The molecule has 8 heteroatoms. The SMILES string of the molecule is FC(F)Oc1c(Br)cc(Cl)cc1NCc1sccc1Br. The zero-order valence-electron chi connectivity index (χ0n) is 9.80. The maximum Gasteiger partial charge on any atom is 0.387 e. The first-order valence-electron chi connectivity index (χ1n) is 5.37. The molecule has 0 fully saturated rings. The molecule has 0 bridgehead atoms. The van der Waals surface area contributed by atoms with Crippen LogP contribution in [0.4, 0.5) is 14.5 Å². The van der Waals surface area contributed by atoms with E-state index in [1.165, 1.54) is 6.07 Å². The lowest BCUT2D eigenvalue weighted by Gasteiger charge is -2.14. The molecular weight excluding hydrogens is 439 g/mol. The molecule has 1 N–H and O–H groups in total. The third-order valence-electron chi connectivity index (χ3n) is 2.35. The summed E-state index contributed by atoms with van der Waals surface area (Å²) in [6.45, 7) is -2.42. The van der Waals surface area contributed by atoms with Crippen molar-refractivity contribution in [1.29, 1.82) is 0 Å². The van der Waals surface area contributed by atoms with Crippen LogP contribution in [0.1, 0.15) is 4.88 Å². The second-order valence-electron chi connectivity index (χ2n) is 3.69. The van der Waals surface area contributed by atoms with Crippen LogP contribution in [0.15, 0.2) is 32.5 Å². The van der Waals surface area contributed by atoms with Crippen LogP contribution in [0, 0.1) is 0 Å². The number of hydrogen-bond donors (Lipinski definition) is 1. The van der Waals surface area contributed by atoms with Crippen molar-refractivity contribution < 1.29 is 13.5 Å². The minimum Gasteiger partial charge on any atom is -0.431 e. The number of rotatable bonds is 5. The van der Waals surface area contributed by atoms with Crippen molar-refractivity contribution in [2.24, 2.45) is 0 Å². The lowest BCUT2D eigenvalue weighted by Crippen LogP contribution is -2.07. The molecule has 0 unspecified atom stereocenters. The Bertz CT molecular complexity index is 609. The Hall–Kier alpha value is -0.370. The highest BCUT2D eigenvalue weighted by Gasteiger charge is 2.15. The first-order valence-corrected chi connectivity index (χ1v) is 8.21. The fourth-order valence-corrected chi connectivity index (χ4v) is 3.86. The van der Waals surface area contributed by atoms with Crippen LogP contribution in [-0.2, 0) is 6.54 Å². The average molecular weight is 448 g/mol. The molecule has 108 valence electrons. The van der Waals surface area contributed by atoms with Gasteiger partial charge in [-0.25, -0.2) is 0 Å². The number of ether oxygens (including phenoxy) is 1. The fraction of sp³-hybridized carbons (Fsp3) is 0.167. The van der Waals surface area contributed by atoms with E-state index in [2.05, 4.69) is 41.9 Å². The molecule has 20 heavy (non-hydrogen) atoms. The molecule has 1 aromatic carbocycles. The van der Waals surface area contributed by atoms with Crippen LogP contribution < -0.4 is 10.1 Å². The van der Waals surface area contributed by atoms with Gasteiger partial charge < -0.3 is 10.1 Å². The van der Waals surface area contributed by atoms with Crippen LogP contribution in [-0.4, -0.2) is 6.61 Å². The molecule has 1 heterocycles. The van der Waals surface area contributed by atoms with Gasteiger partial charge in [0.15, 0.2) is 5.75 Å². The number of benzene rings is 1. The summed E-state index contributed by atoms with van der Waals surface area (Å²) in [5.74, 6) is 0.0390. The van der Waals surface area contributed by atoms with Crippen LogP contribution >= 0.6 is 54.8 Å². The zero-order chi connectivity index (χ0) is 14.7. The van der Waals surface area contributed by atoms with Crippen LogP contribution in [0.5, 0.6) is 5.75 Å². The molecule has 2 rings (SSSR count). The van der Waals surface area contributed by atoms with Gasteiger partial charge in [0.2, 0.25) is 0 Å². The van der Waals surface area contributed by atoms with Gasteiger partial charge >= 0.3 is 6.61 Å². The summed E-state index contributed by atoms with van der Waals surface area (Å²) in [6, 6.07) is 4.98. The Morgan fingerprint density at radius 2 is 2.05 bits per heavy atom. The van der Waals surface area contributed by atoms with Gasteiger partial charge in [-0.15, -0.1) is 11.3 Å². The number of thiophene rings is 1. The molecule has 0 amide bonds. The Morgan fingerprint density at radius 1 is 1.30 bits per heavy atom. The molecule has 0 aliphatic carbocycles. The van der Waals surface area contributed by atoms with Gasteiger partial charge in [0.1, 0.15) is 0 Å². The van der Waals surface area contributed by atoms with Gasteiger partial charge in [0.05, 0.1) is 16.7 Å². The van der Waals surface area contributed by atoms with Gasteiger partial charge in [-0.3, -0.25) is 0 Å². The minimum absolute atomic E-state index is 0.0390. The lowest BCUT2D eigenvalue weighted by atomic mass is 10.3. The van der Waals surface area contributed by atoms with E-state index in [-0.39, 0.29) is 5.75 Å². The van der Waals surface area contributed by atoms with Crippen molar-refractivity contribution in [3.8, 4) is 5.75 Å². The van der Waals surface area contributed by atoms with Crippen LogP contribution in [0.2, 0.25) is 5.02 Å². The van der Waals surface area contributed by atoms with Crippen molar-refractivity contribution in [2.75, 3.05) is 5.32 Å². The largest absolute Gasteiger partial charge is 0.431 e. The predicted octanol–water partition coefficient (Wildman–Crippen LogP) is 6.14. The second-order valence-corrected chi connectivity index (χ2v) is 6.83. The number of halogens is 5. The Balaban J connectivity index is 2.23. The van der Waals surface area contributed by atoms with E-state index in [0.29, 0.717) is 21.7 Å². The summed E-state index contributed by atoms with van der Waals surface area (Å²) in [6.07, 6.45) is 0. The maximum atomic E-state index is 12.4. The highest BCUT2D eigenvalue weighted by molar-refractivity contribution is 9.10. The first kappa shape index (κ1) is 16.0. The highest BCUT2D eigenvalue weighted by atomic mass is 79.9. The summed E-state index contributed by atoms with van der Waals surface area (Å²) in [7, 11) is 0. The zero-order valence-corrected chi connectivity index (χ0v) is 14.5. The number of alkyl halides is 2. The lowest BCUT2D eigenvalue weighted by molar-refractivity contribution is -0.0498. The van der Waals surface area contributed by atoms with Crippen molar-refractivity contribution >= 4 is 60.5 Å². The second kappa shape index (κ2) is 7.06. The molecule has 0 saturated heterocycles. The van der Waals surface area contributed by atoms with E-state index in [1.54, 1.807) is 17.4 Å². The third-order valence-corrected chi connectivity index (χ3v) is 5.08. The molecule has 2 nitrogen and oxygen atoms in total. The minimum atomic E-state index is -2.90. The average Bonchev–Trinajstić information content (AvgIpc) is 2.76. The van der Waals surface area contributed by atoms with E-state index in [4.69, 9.17) is 11.6 Å². The van der Waals surface area contributed by atoms with Gasteiger partial charge in [-0.05, 0) is 55.4 Å². The van der Waals surface area contributed by atoms with E-state index in [0.717, 1.165) is 9.35 Å². The van der Waals surface area contributed by atoms with E-state index in [9.17, 15) is 8.78 Å². The molecular formula is C12H8Br2ClF2NOS.